The highest BCUT2D eigenvalue weighted by atomic mass is 16.3. The van der Waals surface area contributed by atoms with Crippen molar-refractivity contribution in [2.75, 3.05) is 0 Å². The highest BCUT2D eigenvalue weighted by Crippen LogP contribution is 2.57. The lowest BCUT2D eigenvalue weighted by Gasteiger charge is -2.21. The zero-order valence-electron chi connectivity index (χ0n) is 11.4. The third-order valence-corrected chi connectivity index (χ3v) is 5.15. The zero-order chi connectivity index (χ0) is 13.0. The van der Waals surface area contributed by atoms with E-state index < -0.39 is 0 Å². The van der Waals surface area contributed by atoms with Crippen LogP contribution < -0.4 is 5.73 Å². The Hall–Kier alpha value is -1.28. The first kappa shape index (κ1) is 11.5. The fourth-order valence-corrected chi connectivity index (χ4v) is 4.03. The first-order chi connectivity index (χ1) is 9.28. The van der Waals surface area contributed by atoms with Crippen molar-refractivity contribution in [3.8, 4) is 0 Å². The van der Waals surface area contributed by atoms with Gasteiger partial charge in [0.2, 0.25) is 0 Å². The minimum absolute atomic E-state index is 0.159. The molecule has 2 aliphatic carbocycles. The van der Waals surface area contributed by atoms with Crippen LogP contribution in [0.4, 0.5) is 0 Å². The average Bonchev–Trinajstić information content (AvgIpc) is 2.90. The van der Waals surface area contributed by atoms with Crippen LogP contribution in [-0.2, 0) is 6.42 Å². The van der Waals surface area contributed by atoms with Crippen molar-refractivity contribution in [3.05, 3.63) is 35.6 Å². The summed E-state index contributed by atoms with van der Waals surface area (Å²) in [5.41, 5.74) is 8.89. The van der Waals surface area contributed by atoms with Crippen molar-refractivity contribution in [2.45, 2.75) is 38.6 Å². The summed E-state index contributed by atoms with van der Waals surface area (Å²) in [7, 11) is 0. The Kier molecular flexibility index (Phi) is 2.49. The number of nitrogens with two attached hydrogens (primary N) is 1. The second-order valence-corrected chi connectivity index (χ2v) is 6.30. The van der Waals surface area contributed by atoms with Crippen molar-refractivity contribution in [1.29, 1.82) is 0 Å². The number of fused-ring (bicyclic) bond motifs is 2. The van der Waals surface area contributed by atoms with Gasteiger partial charge < -0.3 is 10.2 Å². The molecule has 4 rings (SSSR count). The van der Waals surface area contributed by atoms with Crippen molar-refractivity contribution < 1.29 is 4.42 Å². The van der Waals surface area contributed by atoms with Crippen LogP contribution in [0.1, 0.15) is 43.6 Å². The quantitative estimate of drug-likeness (QED) is 0.899. The number of benzene rings is 1. The van der Waals surface area contributed by atoms with Crippen LogP contribution in [0.15, 0.2) is 28.7 Å². The van der Waals surface area contributed by atoms with E-state index in [1.807, 2.05) is 6.07 Å². The van der Waals surface area contributed by atoms with Crippen LogP contribution in [0.5, 0.6) is 0 Å². The van der Waals surface area contributed by atoms with E-state index in [9.17, 15) is 0 Å². The molecule has 0 radical (unpaired) electrons. The van der Waals surface area contributed by atoms with Gasteiger partial charge in [0.05, 0.1) is 0 Å². The van der Waals surface area contributed by atoms with Crippen LogP contribution in [0.2, 0.25) is 0 Å². The average molecular weight is 255 g/mol. The molecule has 2 fully saturated rings. The summed E-state index contributed by atoms with van der Waals surface area (Å²) in [6, 6.07) is 8.48. The first-order valence-corrected chi connectivity index (χ1v) is 7.53. The lowest BCUT2D eigenvalue weighted by atomic mass is 9.88. The Labute approximate surface area is 114 Å². The number of aryl methyl sites for hydroxylation is 1. The van der Waals surface area contributed by atoms with Crippen LogP contribution in [0.3, 0.4) is 0 Å². The summed E-state index contributed by atoms with van der Waals surface area (Å²) in [6.45, 7) is 2.15. The molecule has 0 bridgehead atoms. The molecule has 2 aromatic rings. The molecule has 2 nitrogen and oxygen atoms in total. The number of hydrogen-bond donors (Lipinski definition) is 1. The molecule has 0 spiro atoms. The topological polar surface area (TPSA) is 39.2 Å². The summed E-state index contributed by atoms with van der Waals surface area (Å²) < 4.78 is 5.99. The van der Waals surface area contributed by atoms with Gasteiger partial charge in [0.15, 0.2) is 0 Å². The molecule has 1 heterocycles. The first-order valence-electron chi connectivity index (χ1n) is 7.53. The van der Waals surface area contributed by atoms with E-state index in [4.69, 9.17) is 10.2 Å². The third-order valence-electron chi connectivity index (χ3n) is 5.15. The molecule has 0 saturated heterocycles. The van der Waals surface area contributed by atoms with E-state index in [2.05, 4.69) is 25.1 Å². The van der Waals surface area contributed by atoms with Crippen LogP contribution in [-0.4, -0.2) is 0 Å². The largest absolute Gasteiger partial charge is 0.461 e. The minimum atomic E-state index is 0.159. The molecule has 2 aliphatic rings. The number of rotatable bonds is 3. The highest BCUT2D eigenvalue weighted by Gasteiger charge is 2.48. The van der Waals surface area contributed by atoms with Gasteiger partial charge in [0.1, 0.15) is 11.3 Å². The maximum absolute atomic E-state index is 6.61. The monoisotopic (exact) mass is 255 g/mol. The molecule has 3 atom stereocenters. The SMILES string of the molecule is CCc1oc2ccccc2c1C(N)C1CC2CC2C1. The minimum Gasteiger partial charge on any atom is -0.461 e. The Morgan fingerprint density at radius 1 is 1.21 bits per heavy atom. The Morgan fingerprint density at radius 2 is 1.95 bits per heavy atom. The third kappa shape index (κ3) is 1.73. The molecule has 1 aromatic heterocycles. The molecular weight excluding hydrogens is 234 g/mol. The Balaban J connectivity index is 1.75. The second kappa shape index (κ2) is 4.11. The summed E-state index contributed by atoms with van der Waals surface area (Å²) in [6.07, 6.45) is 5.04. The van der Waals surface area contributed by atoms with E-state index in [0.29, 0.717) is 5.92 Å². The van der Waals surface area contributed by atoms with E-state index in [-0.39, 0.29) is 6.04 Å². The Morgan fingerprint density at radius 3 is 2.68 bits per heavy atom. The predicted molar refractivity (Wildman–Crippen MR) is 76.8 cm³/mol. The maximum atomic E-state index is 6.61. The maximum Gasteiger partial charge on any atom is 0.134 e. The highest BCUT2D eigenvalue weighted by molar-refractivity contribution is 5.82. The molecule has 19 heavy (non-hydrogen) atoms. The van der Waals surface area contributed by atoms with Gasteiger partial charge in [-0.1, -0.05) is 25.1 Å². The zero-order valence-corrected chi connectivity index (χ0v) is 11.4. The Bertz CT molecular complexity index is 605. The van der Waals surface area contributed by atoms with Crippen LogP contribution >= 0.6 is 0 Å². The number of furan rings is 1. The number of para-hydroxylation sites is 1. The summed E-state index contributed by atoms with van der Waals surface area (Å²) >= 11 is 0. The molecule has 2 heteroatoms. The lowest BCUT2D eigenvalue weighted by Crippen LogP contribution is -2.21. The molecule has 0 aliphatic heterocycles. The molecule has 100 valence electrons. The van der Waals surface area contributed by atoms with Gasteiger partial charge in [-0.05, 0) is 43.1 Å². The van der Waals surface area contributed by atoms with E-state index in [0.717, 1.165) is 29.6 Å². The van der Waals surface area contributed by atoms with Crippen LogP contribution in [0.25, 0.3) is 11.0 Å². The fourth-order valence-electron chi connectivity index (χ4n) is 4.03. The van der Waals surface area contributed by atoms with Gasteiger partial charge in [0.25, 0.3) is 0 Å². The predicted octanol–water partition coefficient (Wildman–Crippen LogP) is 4.04. The van der Waals surface area contributed by atoms with Gasteiger partial charge in [-0.3, -0.25) is 0 Å². The number of hydrogen-bond acceptors (Lipinski definition) is 2. The summed E-state index contributed by atoms with van der Waals surface area (Å²) in [5.74, 6) is 3.72. The standard InChI is InChI=1S/C17H21NO/c1-2-14-16(13-5-3-4-6-15(13)19-14)17(18)12-8-10-7-11(10)9-12/h3-6,10-12,17H,2,7-9,18H2,1H3. The fraction of sp³-hybridized carbons (Fsp3) is 0.529. The van der Waals surface area contributed by atoms with Gasteiger partial charge in [0, 0.05) is 23.4 Å². The van der Waals surface area contributed by atoms with Crippen LogP contribution in [0, 0.1) is 17.8 Å². The summed E-state index contributed by atoms with van der Waals surface area (Å²) in [5, 5.41) is 1.23. The molecule has 3 unspecified atom stereocenters. The van der Waals surface area contributed by atoms with E-state index in [1.165, 1.54) is 30.2 Å². The van der Waals surface area contributed by atoms with Crippen molar-refractivity contribution in [1.82, 2.24) is 0 Å². The molecule has 0 amide bonds. The van der Waals surface area contributed by atoms with Crippen molar-refractivity contribution in [2.24, 2.45) is 23.5 Å². The second-order valence-electron chi connectivity index (χ2n) is 6.30. The lowest BCUT2D eigenvalue weighted by molar-refractivity contribution is 0.398. The molecular formula is C17H21NO. The van der Waals surface area contributed by atoms with Gasteiger partial charge in [-0.25, -0.2) is 0 Å². The van der Waals surface area contributed by atoms with Crippen molar-refractivity contribution in [3.63, 3.8) is 0 Å². The van der Waals surface area contributed by atoms with E-state index >= 15 is 0 Å². The molecule has 1 aromatic carbocycles. The van der Waals surface area contributed by atoms with Gasteiger partial charge in [-0.15, -0.1) is 0 Å². The normalized spacial score (nSPS) is 30.5. The molecule has 2 N–H and O–H groups in total. The summed E-state index contributed by atoms with van der Waals surface area (Å²) in [4.78, 5) is 0. The van der Waals surface area contributed by atoms with Gasteiger partial charge in [-0.2, -0.15) is 0 Å². The van der Waals surface area contributed by atoms with Crippen molar-refractivity contribution >= 4 is 11.0 Å². The van der Waals surface area contributed by atoms with E-state index in [1.54, 1.807) is 0 Å². The smallest absolute Gasteiger partial charge is 0.134 e. The van der Waals surface area contributed by atoms with Gasteiger partial charge >= 0.3 is 0 Å². The molecule has 2 saturated carbocycles.